The molecular weight excluding hydrogens is 370 g/mol. The Morgan fingerprint density at radius 2 is 2.00 bits per heavy atom. The van der Waals surface area contributed by atoms with Crippen LogP contribution < -0.4 is 16.1 Å². The van der Waals surface area contributed by atoms with Crippen molar-refractivity contribution in [2.45, 2.75) is 32.2 Å². The molecule has 0 fully saturated rings. The van der Waals surface area contributed by atoms with Gasteiger partial charge in [0.2, 0.25) is 5.91 Å². The molecule has 4 N–H and O–H groups in total. The monoisotopic (exact) mass is 393 g/mol. The first kappa shape index (κ1) is 20.3. The zero-order valence-corrected chi connectivity index (χ0v) is 16.3. The predicted molar refractivity (Wildman–Crippen MR) is 109 cm³/mol. The van der Waals surface area contributed by atoms with E-state index < -0.39 is 5.91 Å². The Morgan fingerprint density at radius 1 is 1.21 bits per heavy atom. The van der Waals surface area contributed by atoms with Crippen LogP contribution in [0.25, 0.3) is 6.08 Å². The third kappa shape index (κ3) is 4.89. The second kappa shape index (κ2) is 8.28. The number of amides is 3. The molecule has 150 valence electrons. The van der Waals surface area contributed by atoms with Crippen LogP contribution in [0.1, 0.15) is 47.3 Å². The molecule has 2 aromatic rings. The Hall–Kier alpha value is -3.45. The first-order valence-corrected chi connectivity index (χ1v) is 9.22. The summed E-state index contributed by atoms with van der Waals surface area (Å²) in [6.45, 7) is 4.33. The molecule has 0 bridgehead atoms. The summed E-state index contributed by atoms with van der Waals surface area (Å²) in [5, 5.41) is 14.2. The van der Waals surface area contributed by atoms with Gasteiger partial charge in [-0.15, -0.1) is 0 Å². The van der Waals surface area contributed by atoms with E-state index >= 15 is 0 Å². The number of fused-ring (bicyclic) bond motifs is 1. The zero-order chi connectivity index (χ0) is 21.0. The molecule has 3 rings (SSSR count). The van der Waals surface area contributed by atoms with Crippen LogP contribution in [0.5, 0.6) is 0 Å². The van der Waals surface area contributed by atoms with E-state index in [9.17, 15) is 14.4 Å². The van der Waals surface area contributed by atoms with Gasteiger partial charge in [0, 0.05) is 35.7 Å². The Balaban J connectivity index is 1.69. The average molecular weight is 393 g/mol. The fourth-order valence-electron chi connectivity index (χ4n) is 3.37. The normalized spacial score (nSPS) is 14.8. The van der Waals surface area contributed by atoms with Crippen molar-refractivity contribution < 1.29 is 19.6 Å². The van der Waals surface area contributed by atoms with Crippen molar-refractivity contribution in [3.8, 4) is 0 Å². The number of carbonyl (C=O) groups is 3. The lowest BCUT2D eigenvalue weighted by atomic mass is 9.77. The number of rotatable bonds is 5. The van der Waals surface area contributed by atoms with Gasteiger partial charge in [-0.2, -0.15) is 0 Å². The van der Waals surface area contributed by atoms with E-state index in [0.717, 1.165) is 16.7 Å². The van der Waals surface area contributed by atoms with E-state index in [1.54, 1.807) is 24.3 Å². The summed E-state index contributed by atoms with van der Waals surface area (Å²) >= 11 is 0. The predicted octanol–water partition coefficient (Wildman–Crippen LogP) is 2.75. The molecule has 1 aliphatic rings. The fraction of sp³-hybridized carbons (Fsp3) is 0.227. The maximum Gasteiger partial charge on any atom is 0.267 e. The molecule has 0 saturated carbocycles. The van der Waals surface area contributed by atoms with Crippen LogP contribution in [0.2, 0.25) is 0 Å². The molecule has 2 aromatic carbocycles. The molecule has 0 aliphatic carbocycles. The summed E-state index contributed by atoms with van der Waals surface area (Å²) in [7, 11) is 0. The summed E-state index contributed by atoms with van der Waals surface area (Å²) in [5.74, 6) is -0.919. The van der Waals surface area contributed by atoms with Gasteiger partial charge in [0.15, 0.2) is 0 Å². The van der Waals surface area contributed by atoms with Crippen LogP contribution in [0.4, 0.5) is 5.69 Å². The highest BCUT2D eigenvalue weighted by Crippen LogP contribution is 2.37. The number of hydrogen-bond donors (Lipinski definition) is 4. The Bertz CT molecular complexity index is 995. The molecule has 0 atom stereocenters. The third-order valence-corrected chi connectivity index (χ3v) is 4.83. The minimum absolute atomic E-state index is 0.0557. The number of anilines is 1. The Kier molecular flexibility index (Phi) is 5.79. The molecule has 7 nitrogen and oxygen atoms in total. The van der Waals surface area contributed by atoms with E-state index in [0.29, 0.717) is 24.2 Å². The number of hydrogen-bond acceptors (Lipinski definition) is 4. The summed E-state index contributed by atoms with van der Waals surface area (Å²) < 4.78 is 0. The molecule has 0 radical (unpaired) electrons. The number of hydroxylamine groups is 1. The topological polar surface area (TPSA) is 108 Å². The molecule has 0 spiro atoms. The molecule has 7 heteroatoms. The molecule has 1 aliphatic heterocycles. The highest BCUT2D eigenvalue weighted by Gasteiger charge is 2.32. The van der Waals surface area contributed by atoms with Gasteiger partial charge in [0.05, 0.1) is 0 Å². The van der Waals surface area contributed by atoms with Gasteiger partial charge >= 0.3 is 0 Å². The molecule has 29 heavy (non-hydrogen) atoms. The Morgan fingerprint density at radius 3 is 2.76 bits per heavy atom. The first-order valence-electron chi connectivity index (χ1n) is 9.22. The van der Waals surface area contributed by atoms with E-state index in [2.05, 4.69) is 10.6 Å². The summed E-state index contributed by atoms with van der Waals surface area (Å²) in [6, 6.07) is 12.7. The fourth-order valence-corrected chi connectivity index (χ4v) is 3.37. The highest BCUT2D eigenvalue weighted by molar-refractivity contribution is 5.99. The number of benzene rings is 2. The summed E-state index contributed by atoms with van der Waals surface area (Å²) in [5.41, 5.74) is 5.04. The van der Waals surface area contributed by atoms with Gasteiger partial charge in [-0.1, -0.05) is 38.1 Å². The van der Waals surface area contributed by atoms with Gasteiger partial charge in [0.25, 0.3) is 11.8 Å². The zero-order valence-electron chi connectivity index (χ0n) is 16.3. The second-order valence-electron chi connectivity index (χ2n) is 7.61. The lowest BCUT2D eigenvalue weighted by Gasteiger charge is -2.32. The third-order valence-electron chi connectivity index (χ3n) is 4.83. The smallest absolute Gasteiger partial charge is 0.267 e. The maximum absolute atomic E-state index is 12.6. The number of carbonyl (C=O) groups excluding carboxylic acids is 3. The summed E-state index contributed by atoms with van der Waals surface area (Å²) in [6.07, 6.45) is 3.18. The summed E-state index contributed by atoms with van der Waals surface area (Å²) in [4.78, 5) is 35.6. The maximum atomic E-state index is 12.6. The molecular formula is C22H23N3O4. The van der Waals surface area contributed by atoms with Crippen LogP contribution in [0.15, 0.2) is 48.5 Å². The van der Waals surface area contributed by atoms with Gasteiger partial charge in [-0.05, 0) is 41.0 Å². The molecule has 1 heterocycles. The Labute approximate surface area is 168 Å². The van der Waals surface area contributed by atoms with Crippen molar-refractivity contribution in [1.82, 2.24) is 10.8 Å². The molecule has 0 aromatic heterocycles. The van der Waals surface area contributed by atoms with Crippen molar-refractivity contribution in [2.75, 3.05) is 5.32 Å². The van der Waals surface area contributed by atoms with Crippen molar-refractivity contribution in [2.24, 2.45) is 0 Å². The van der Waals surface area contributed by atoms with E-state index in [1.807, 2.05) is 38.1 Å². The van der Waals surface area contributed by atoms with E-state index in [4.69, 9.17) is 5.21 Å². The average Bonchev–Trinajstić information content (AvgIpc) is 2.69. The van der Waals surface area contributed by atoms with Crippen LogP contribution >= 0.6 is 0 Å². The van der Waals surface area contributed by atoms with Gasteiger partial charge in [-0.25, -0.2) is 5.48 Å². The SMILES string of the molecule is CC1(C)CC(=O)Nc2cc(C(=O)NCc3cccc(/C=C/C(=O)NO)c3)ccc21. The van der Waals surface area contributed by atoms with Crippen molar-refractivity contribution in [3.05, 3.63) is 70.8 Å². The standard InChI is InChI=1S/C22H23N3O4/c1-22(2)12-20(27)24-18-11-16(7-8-17(18)22)21(28)23-13-15-5-3-4-14(10-15)6-9-19(26)25-29/h3-11,29H,12-13H2,1-2H3,(H,23,28)(H,24,27)(H,25,26)/b9-6+. The second-order valence-corrected chi connectivity index (χ2v) is 7.61. The molecule has 0 saturated heterocycles. The minimum Gasteiger partial charge on any atom is -0.348 e. The first-order chi connectivity index (χ1) is 13.8. The number of nitrogens with one attached hydrogen (secondary N) is 3. The van der Waals surface area contributed by atoms with Crippen LogP contribution in [0, 0.1) is 0 Å². The van der Waals surface area contributed by atoms with Gasteiger partial charge in [0.1, 0.15) is 0 Å². The largest absolute Gasteiger partial charge is 0.348 e. The quantitative estimate of drug-likeness (QED) is 0.356. The molecule has 0 unspecified atom stereocenters. The van der Waals surface area contributed by atoms with Crippen LogP contribution in [-0.2, 0) is 21.5 Å². The van der Waals surface area contributed by atoms with Gasteiger partial charge < -0.3 is 10.6 Å². The van der Waals surface area contributed by atoms with Crippen LogP contribution in [0.3, 0.4) is 0 Å². The lowest BCUT2D eigenvalue weighted by Crippen LogP contribution is -2.33. The minimum atomic E-state index is -0.619. The van der Waals surface area contributed by atoms with Crippen molar-refractivity contribution >= 4 is 29.5 Å². The van der Waals surface area contributed by atoms with Crippen molar-refractivity contribution in [1.29, 1.82) is 0 Å². The van der Waals surface area contributed by atoms with Gasteiger partial charge in [-0.3, -0.25) is 19.6 Å². The molecule has 3 amide bonds. The lowest BCUT2D eigenvalue weighted by molar-refractivity contribution is -0.124. The van der Waals surface area contributed by atoms with E-state index in [-0.39, 0.29) is 17.2 Å². The highest BCUT2D eigenvalue weighted by atomic mass is 16.5. The van der Waals surface area contributed by atoms with Crippen molar-refractivity contribution in [3.63, 3.8) is 0 Å². The van der Waals surface area contributed by atoms with E-state index in [1.165, 1.54) is 11.6 Å². The van der Waals surface area contributed by atoms with Crippen LogP contribution in [-0.4, -0.2) is 22.9 Å².